The number of nitro groups is 1. The van der Waals surface area contributed by atoms with Crippen LogP contribution in [-0.4, -0.2) is 38.3 Å². The second kappa shape index (κ2) is 10.7. The van der Waals surface area contributed by atoms with Crippen LogP contribution in [0.25, 0.3) is 27.7 Å². The standard InChI is InChI=1S/C30H21Cl2N5O4/c31-16-26(38)35-24-13-5-7-19-8-6-14-25(28(19)24)36(27(39)17-32)30(35)23-18-34(21-10-2-1-3-11-21)33-29(23)20-9-4-12-22(15-20)37(40)41/h1-15,18,30H,16-17H2. The first-order valence-corrected chi connectivity index (χ1v) is 13.7. The molecule has 5 aromatic rings. The molecular formula is C30H21Cl2N5O4. The second-order valence-electron chi connectivity index (χ2n) is 9.34. The Balaban J connectivity index is 1.68. The van der Waals surface area contributed by atoms with Gasteiger partial charge in [0.15, 0.2) is 0 Å². The Bertz CT molecular complexity index is 1770. The van der Waals surface area contributed by atoms with Crippen molar-refractivity contribution in [2.75, 3.05) is 21.6 Å². The van der Waals surface area contributed by atoms with Gasteiger partial charge in [0.2, 0.25) is 11.8 Å². The number of hydrogen-bond acceptors (Lipinski definition) is 5. The lowest BCUT2D eigenvalue weighted by Crippen LogP contribution is -2.51. The van der Waals surface area contributed by atoms with E-state index >= 15 is 0 Å². The first-order chi connectivity index (χ1) is 19.9. The van der Waals surface area contributed by atoms with Gasteiger partial charge < -0.3 is 0 Å². The summed E-state index contributed by atoms with van der Waals surface area (Å²) in [5.74, 6) is -1.58. The maximum Gasteiger partial charge on any atom is 0.270 e. The molecule has 4 aromatic carbocycles. The summed E-state index contributed by atoms with van der Waals surface area (Å²) in [5.41, 5.74) is 3.00. The van der Waals surface area contributed by atoms with Gasteiger partial charge in [-0.2, -0.15) is 5.10 Å². The number of carbonyl (C=O) groups is 2. The fraction of sp³-hybridized carbons (Fsp3) is 0.100. The predicted molar refractivity (Wildman–Crippen MR) is 159 cm³/mol. The summed E-state index contributed by atoms with van der Waals surface area (Å²) in [6.45, 7) is 0. The molecule has 0 radical (unpaired) electrons. The van der Waals surface area contributed by atoms with Gasteiger partial charge in [-0.3, -0.25) is 29.5 Å². The smallest absolute Gasteiger partial charge is 0.270 e. The highest BCUT2D eigenvalue weighted by Gasteiger charge is 2.42. The molecule has 1 aliphatic heterocycles. The molecule has 0 aliphatic carbocycles. The molecule has 204 valence electrons. The fourth-order valence-electron chi connectivity index (χ4n) is 5.31. The lowest BCUT2D eigenvalue weighted by molar-refractivity contribution is -0.384. The average Bonchev–Trinajstić information content (AvgIpc) is 3.46. The molecule has 0 bridgehead atoms. The summed E-state index contributed by atoms with van der Waals surface area (Å²) in [7, 11) is 0. The summed E-state index contributed by atoms with van der Waals surface area (Å²) in [4.78, 5) is 41.4. The number of aromatic nitrogens is 2. The number of benzene rings is 4. The number of para-hydroxylation sites is 1. The quantitative estimate of drug-likeness (QED) is 0.129. The molecule has 2 heterocycles. The van der Waals surface area contributed by atoms with E-state index in [9.17, 15) is 19.7 Å². The molecule has 0 saturated heterocycles. The molecule has 1 aromatic heterocycles. The van der Waals surface area contributed by atoms with E-state index in [1.54, 1.807) is 35.1 Å². The van der Waals surface area contributed by atoms with Crippen LogP contribution in [0.15, 0.2) is 97.2 Å². The Morgan fingerprint density at radius 3 is 2.02 bits per heavy atom. The molecule has 1 aliphatic rings. The Labute approximate surface area is 244 Å². The van der Waals surface area contributed by atoms with E-state index in [0.29, 0.717) is 39.3 Å². The Kier molecular flexibility index (Phi) is 6.90. The van der Waals surface area contributed by atoms with Crippen molar-refractivity contribution in [1.82, 2.24) is 9.78 Å². The van der Waals surface area contributed by atoms with Gasteiger partial charge in [0.1, 0.15) is 23.6 Å². The third-order valence-electron chi connectivity index (χ3n) is 7.01. The summed E-state index contributed by atoms with van der Waals surface area (Å²) in [6, 6.07) is 26.4. The largest absolute Gasteiger partial charge is 0.285 e. The number of halogens is 2. The molecule has 0 atom stereocenters. The molecule has 9 nitrogen and oxygen atoms in total. The Morgan fingerprint density at radius 1 is 0.829 bits per heavy atom. The van der Waals surface area contributed by atoms with Crippen molar-refractivity contribution in [2.45, 2.75) is 6.17 Å². The summed E-state index contributed by atoms with van der Waals surface area (Å²) < 4.78 is 1.62. The van der Waals surface area contributed by atoms with Gasteiger partial charge in [-0.1, -0.05) is 54.6 Å². The number of carbonyl (C=O) groups excluding carboxylic acids is 2. The van der Waals surface area contributed by atoms with Crippen molar-refractivity contribution in [1.29, 1.82) is 0 Å². The van der Waals surface area contributed by atoms with E-state index in [0.717, 1.165) is 5.39 Å². The second-order valence-corrected chi connectivity index (χ2v) is 9.88. The number of nitrogens with zero attached hydrogens (tertiary/aromatic N) is 5. The van der Waals surface area contributed by atoms with Crippen LogP contribution in [0.5, 0.6) is 0 Å². The predicted octanol–water partition coefficient (Wildman–Crippen LogP) is 6.46. The van der Waals surface area contributed by atoms with Gasteiger partial charge in [-0.25, -0.2) is 4.68 Å². The van der Waals surface area contributed by atoms with E-state index in [4.69, 9.17) is 28.3 Å². The molecule has 0 N–H and O–H groups in total. The van der Waals surface area contributed by atoms with Gasteiger partial charge in [-0.15, -0.1) is 23.2 Å². The first kappa shape index (κ1) is 26.5. The topological polar surface area (TPSA) is 102 Å². The highest BCUT2D eigenvalue weighted by Crippen LogP contribution is 2.48. The SMILES string of the molecule is O=C(CCl)N1c2cccc3cccc(c23)N(C(=O)CCl)C1c1cn(-c2ccccc2)nc1-c1cccc([N+](=O)[O-])c1. The Morgan fingerprint density at radius 2 is 1.44 bits per heavy atom. The van der Waals surface area contributed by atoms with Crippen LogP contribution in [-0.2, 0) is 9.59 Å². The minimum atomic E-state index is -1.04. The molecule has 11 heteroatoms. The zero-order valence-electron chi connectivity index (χ0n) is 21.4. The lowest BCUT2D eigenvalue weighted by Gasteiger charge is -2.44. The lowest BCUT2D eigenvalue weighted by atomic mass is 9.96. The van der Waals surface area contributed by atoms with Crippen molar-refractivity contribution >= 4 is 62.9 Å². The molecule has 0 unspecified atom stereocenters. The van der Waals surface area contributed by atoms with Crippen molar-refractivity contribution in [2.24, 2.45) is 0 Å². The number of nitro benzene ring substituents is 1. The average molecular weight is 586 g/mol. The third kappa shape index (κ3) is 4.49. The van der Waals surface area contributed by atoms with Crippen LogP contribution < -0.4 is 9.80 Å². The van der Waals surface area contributed by atoms with E-state index in [-0.39, 0.29) is 17.4 Å². The van der Waals surface area contributed by atoms with Gasteiger partial charge in [0.05, 0.1) is 22.0 Å². The van der Waals surface area contributed by atoms with Gasteiger partial charge in [-0.05, 0) is 29.7 Å². The van der Waals surface area contributed by atoms with Crippen molar-refractivity contribution < 1.29 is 14.5 Å². The van der Waals surface area contributed by atoms with Crippen molar-refractivity contribution in [3.05, 3.63) is 113 Å². The maximum atomic E-state index is 13.6. The number of hydrogen-bond donors (Lipinski definition) is 0. The van der Waals surface area contributed by atoms with Crippen molar-refractivity contribution in [3.8, 4) is 16.9 Å². The highest BCUT2D eigenvalue weighted by molar-refractivity contribution is 6.32. The van der Waals surface area contributed by atoms with E-state index < -0.39 is 22.9 Å². The molecule has 6 rings (SSSR count). The van der Waals surface area contributed by atoms with Gasteiger partial charge in [0.25, 0.3) is 5.69 Å². The number of rotatable bonds is 6. The minimum Gasteiger partial charge on any atom is -0.285 e. The fourth-order valence-corrected chi connectivity index (χ4v) is 5.57. The van der Waals surface area contributed by atoms with Crippen LogP contribution in [0.3, 0.4) is 0 Å². The first-order valence-electron chi connectivity index (χ1n) is 12.6. The summed E-state index contributed by atoms with van der Waals surface area (Å²) in [5, 5.41) is 18.0. The summed E-state index contributed by atoms with van der Waals surface area (Å²) >= 11 is 12.3. The van der Waals surface area contributed by atoms with Gasteiger partial charge >= 0.3 is 0 Å². The van der Waals surface area contributed by atoms with Crippen LogP contribution in [0.1, 0.15) is 11.7 Å². The minimum absolute atomic E-state index is 0.121. The molecule has 2 amide bonds. The van der Waals surface area contributed by atoms with Crippen LogP contribution in [0.2, 0.25) is 0 Å². The van der Waals surface area contributed by atoms with Crippen molar-refractivity contribution in [3.63, 3.8) is 0 Å². The van der Waals surface area contributed by atoms with E-state index in [2.05, 4.69) is 0 Å². The number of non-ortho nitro benzene ring substituents is 1. The summed E-state index contributed by atoms with van der Waals surface area (Å²) in [6.07, 6.45) is 0.686. The highest BCUT2D eigenvalue weighted by atomic mass is 35.5. The molecule has 0 fully saturated rings. The van der Waals surface area contributed by atoms with Crippen LogP contribution in [0.4, 0.5) is 17.1 Å². The number of amides is 2. The number of anilines is 2. The van der Waals surface area contributed by atoms with E-state index in [1.807, 2.05) is 54.6 Å². The molecule has 0 spiro atoms. The zero-order chi connectivity index (χ0) is 28.7. The normalized spacial score (nSPS) is 13.0. The Hall–Kier alpha value is -4.73. The van der Waals surface area contributed by atoms with Crippen LogP contribution in [0, 0.1) is 10.1 Å². The molecule has 41 heavy (non-hydrogen) atoms. The third-order valence-corrected chi connectivity index (χ3v) is 7.46. The molecule has 0 saturated carbocycles. The monoisotopic (exact) mass is 585 g/mol. The maximum absolute atomic E-state index is 13.6. The zero-order valence-corrected chi connectivity index (χ0v) is 22.9. The van der Waals surface area contributed by atoms with E-state index in [1.165, 1.54) is 21.9 Å². The van der Waals surface area contributed by atoms with Gasteiger partial charge in [0, 0.05) is 34.8 Å². The molecular weight excluding hydrogens is 565 g/mol. The number of alkyl halides is 2. The van der Waals surface area contributed by atoms with Crippen LogP contribution >= 0.6 is 23.2 Å².